The Kier molecular flexibility index (Phi) is 11.6. The van der Waals surface area contributed by atoms with Crippen LogP contribution >= 0.6 is 27.5 Å². The molecule has 4 rings (SSSR count). The highest BCUT2D eigenvalue weighted by atomic mass is 79.9. The van der Waals surface area contributed by atoms with E-state index in [-0.39, 0.29) is 35.5 Å². The molecule has 0 spiro atoms. The topological polar surface area (TPSA) is 86.8 Å². The van der Waals surface area contributed by atoms with Crippen molar-refractivity contribution in [1.82, 2.24) is 10.2 Å². The van der Waals surface area contributed by atoms with Crippen LogP contribution in [-0.4, -0.2) is 43.8 Å². The Morgan fingerprint density at radius 1 is 0.841 bits per heavy atom. The summed E-state index contributed by atoms with van der Waals surface area (Å²) in [6.45, 7) is 3.45. The molecule has 0 fully saturated rings. The van der Waals surface area contributed by atoms with Crippen molar-refractivity contribution in [2.75, 3.05) is 10.8 Å². The normalized spacial score (nSPS) is 12.6. The predicted molar refractivity (Wildman–Crippen MR) is 179 cm³/mol. The van der Waals surface area contributed by atoms with E-state index in [1.807, 2.05) is 68.4 Å². The molecule has 0 saturated heterocycles. The standard InChI is InChI=1S/C34H35BrClN3O4S/c1-3-25(2)37-34(41)32(22-26-10-6-4-7-11-26)38(23-27-14-16-28(35)17-15-27)33(40)24-39(30-20-18-29(36)19-21-30)44(42,43)31-12-8-5-9-13-31/h4-21,25,32H,3,22-24H2,1-2H3,(H,37,41)/t25-,32-/m1/s1. The van der Waals surface area contributed by atoms with Crippen LogP contribution in [0.4, 0.5) is 5.69 Å². The second-order valence-corrected chi connectivity index (χ2v) is 13.7. The maximum Gasteiger partial charge on any atom is 0.264 e. The molecular weight excluding hydrogens is 662 g/mol. The number of nitrogens with one attached hydrogen (secondary N) is 1. The van der Waals surface area contributed by atoms with Crippen LogP contribution in [0.25, 0.3) is 0 Å². The van der Waals surface area contributed by atoms with Gasteiger partial charge in [-0.2, -0.15) is 0 Å². The van der Waals surface area contributed by atoms with E-state index in [0.29, 0.717) is 11.4 Å². The van der Waals surface area contributed by atoms with E-state index >= 15 is 0 Å². The van der Waals surface area contributed by atoms with E-state index in [4.69, 9.17) is 11.6 Å². The maximum atomic E-state index is 14.4. The van der Waals surface area contributed by atoms with Gasteiger partial charge in [0.25, 0.3) is 10.0 Å². The summed E-state index contributed by atoms with van der Waals surface area (Å²) < 4.78 is 29.9. The number of rotatable bonds is 13. The summed E-state index contributed by atoms with van der Waals surface area (Å²) in [6.07, 6.45) is 0.960. The Labute approximate surface area is 273 Å². The Balaban J connectivity index is 1.79. The molecule has 0 aliphatic heterocycles. The smallest absolute Gasteiger partial charge is 0.264 e. The highest BCUT2D eigenvalue weighted by Gasteiger charge is 2.35. The fraction of sp³-hybridized carbons (Fsp3) is 0.235. The van der Waals surface area contributed by atoms with E-state index in [0.717, 1.165) is 19.9 Å². The number of halogens is 2. The molecular formula is C34H35BrClN3O4S. The molecule has 44 heavy (non-hydrogen) atoms. The summed E-state index contributed by atoms with van der Waals surface area (Å²) in [5.74, 6) is -0.833. The molecule has 0 saturated carbocycles. The van der Waals surface area contributed by atoms with Gasteiger partial charge in [0.15, 0.2) is 0 Å². The zero-order valence-corrected chi connectivity index (χ0v) is 27.7. The number of nitrogens with zero attached hydrogens (tertiary/aromatic N) is 2. The molecule has 1 N–H and O–H groups in total. The van der Waals surface area contributed by atoms with E-state index in [2.05, 4.69) is 21.2 Å². The van der Waals surface area contributed by atoms with Crippen LogP contribution < -0.4 is 9.62 Å². The number of hydrogen-bond acceptors (Lipinski definition) is 4. The quantitative estimate of drug-likeness (QED) is 0.166. The first kappa shape index (κ1) is 33.2. The number of benzene rings is 4. The van der Waals surface area contributed by atoms with Crippen molar-refractivity contribution in [1.29, 1.82) is 0 Å². The molecule has 0 bridgehead atoms. The van der Waals surface area contributed by atoms with Crippen LogP contribution in [0.1, 0.15) is 31.4 Å². The van der Waals surface area contributed by atoms with Gasteiger partial charge in [0, 0.05) is 28.5 Å². The van der Waals surface area contributed by atoms with Gasteiger partial charge in [-0.1, -0.05) is 95.1 Å². The minimum atomic E-state index is -4.17. The lowest BCUT2D eigenvalue weighted by Gasteiger charge is -2.34. The molecule has 230 valence electrons. The van der Waals surface area contributed by atoms with Gasteiger partial charge in [-0.15, -0.1) is 0 Å². The van der Waals surface area contributed by atoms with Crippen LogP contribution in [0.5, 0.6) is 0 Å². The van der Waals surface area contributed by atoms with Crippen molar-refractivity contribution >= 4 is 55.1 Å². The molecule has 0 aromatic heterocycles. The SMILES string of the molecule is CC[C@@H](C)NC(=O)[C@@H](Cc1ccccc1)N(Cc1ccc(Br)cc1)C(=O)CN(c1ccc(Cl)cc1)S(=O)(=O)c1ccccc1. The van der Waals surface area contributed by atoms with E-state index in [1.165, 1.54) is 17.0 Å². The Morgan fingerprint density at radius 3 is 2.02 bits per heavy atom. The van der Waals surface area contributed by atoms with Crippen LogP contribution in [-0.2, 0) is 32.6 Å². The first-order valence-electron chi connectivity index (χ1n) is 14.3. The summed E-state index contributed by atoms with van der Waals surface area (Å²) in [5.41, 5.74) is 1.94. The first-order chi connectivity index (χ1) is 21.1. The second-order valence-electron chi connectivity index (χ2n) is 10.5. The Bertz CT molecular complexity index is 1640. The van der Waals surface area contributed by atoms with Gasteiger partial charge in [-0.3, -0.25) is 13.9 Å². The molecule has 4 aromatic rings. The molecule has 2 atom stereocenters. The summed E-state index contributed by atoms with van der Waals surface area (Å²) >= 11 is 9.57. The minimum absolute atomic E-state index is 0.0394. The number of amides is 2. The van der Waals surface area contributed by atoms with Crippen LogP contribution in [0, 0.1) is 0 Å². The van der Waals surface area contributed by atoms with E-state index < -0.39 is 28.5 Å². The van der Waals surface area contributed by atoms with Crippen molar-refractivity contribution in [2.24, 2.45) is 0 Å². The van der Waals surface area contributed by atoms with Crippen LogP contribution in [0.2, 0.25) is 5.02 Å². The first-order valence-corrected chi connectivity index (χ1v) is 16.9. The van der Waals surface area contributed by atoms with Crippen molar-refractivity contribution in [3.63, 3.8) is 0 Å². The van der Waals surface area contributed by atoms with Crippen molar-refractivity contribution in [3.05, 3.63) is 130 Å². The predicted octanol–water partition coefficient (Wildman–Crippen LogP) is 6.85. The maximum absolute atomic E-state index is 14.4. The lowest BCUT2D eigenvalue weighted by molar-refractivity contribution is -0.140. The third-order valence-corrected chi connectivity index (χ3v) is 9.83. The number of sulfonamides is 1. The summed E-state index contributed by atoms with van der Waals surface area (Å²) in [6, 6.07) is 30.1. The zero-order chi connectivity index (χ0) is 31.7. The Hall–Kier alpha value is -3.66. The number of carbonyl (C=O) groups excluding carboxylic acids is 2. The molecule has 4 aromatic carbocycles. The third-order valence-electron chi connectivity index (χ3n) is 7.26. The Morgan fingerprint density at radius 2 is 1.43 bits per heavy atom. The monoisotopic (exact) mass is 695 g/mol. The number of carbonyl (C=O) groups is 2. The minimum Gasteiger partial charge on any atom is -0.352 e. The number of hydrogen-bond donors (Lipinski definition) is 1. The zero-order valence-electron chi connectivity index (χ0n) is 24.6. The van der Waals surface area contributed by atoms with Gasteiger partial charge in [0.1, 0.15) is 12.6 Å². The lowest BCUT2D eigenvalue weighted by Crippen LogP contribution is -2.54. The van der Waals surface area contributed by atoms with Gasteiger partial charge < -0.3 is 10.2 Å². The summed E-state index contributed by atoms with van der Waals surface area (Å²) in [5, 5.41) is 3.47. The largest absolute Gasteiger partial charge is 0.352 e. The van der Waals surface area contributed by atoms with Gasteiger partial charge >= 0.3 is 0 Å². The second kappa shape index (κ2) is 15.4. The van der Waals surface area contributed by atoms with Gasteiger partial charge in [0.05, 0.1) is 10.6 Å². The molecule has 2 amide bonds. The summed E-state index contributed by atoms with van der Waals surface area (Å²) in [7, 11) is -4.17. The van der Waals surface area contributed by atoms with Crippen molar-refractivity contribution in [3.8, 4) is 0 Å². The molecule has 0 aliphatic carbocycles. The fourth-order valence-corrected chi connectivity index (χ4v) is 6.46. The molecule has 10 heteroatoms. The van der Waals surface area contributed by atoms with Gasteiger partial charge in [-0.25, -0.2) is 8.42 Å². The average molecular weight is 697 g/mol. The van der Waals surface area contributed by atoms with Gasteiger partial charge in [0.2, 0.25) is 11.8 Å². The molecule has 0 unspecified atom stereocenters. The molecule has 0 radical (unpaired) electrons. The van der Waals surface area contributed by atoms with Crippen LogP contribution in [0.3, 0.4) is 0 Å². The summed E-state index contributed by atoms with van der Waals surface area (Å²) in [4.78, 5) is 29.8. The fourth-order valence-electron chi connectivity index (χ4n) is 4.64. The highest BCUT2D eigenvalue weighted by molar-refractivity contribution is 9.10. The molecule has 0 heterocycles. The van der Waals surface area contributed by atoms with Crippen molar-refractivity contribution in [2.45, 2.75) is 50.2 Å². The average Bonchev–Trinajstić information content (AvgIpc) is 3.03. The van der Waals surface area contributed by atoms with Crippen LogP contribution in [0.15, 0.2) is 119 Å². The lowest BCUT2D eigenvalue weighted by atomic mass is 10.0. The van der Waals surface area contributed by atoms with E-state index in [9.17, 15) is 18.0 Å². The highest BCUT2D eigenvalue weighted by Crippen LogP contribution is 2.26. The van der Waals surface area contributed by atoms with E-state index in [1.54, 1.807) is 42.5 Å². The van der Waals surface area contributed by atoms with Gasteiger partial charge in [-0.05, 0) is 73.0 Å². The molecule has 0 aliphatic rings. The van der Waals surface area contributed by atoms with Crippen molar-refractivity contribution < 1.29 is 18.0 Å². The third kappa shape index (κ3) is 8.71. The number of anilines is 1. The molecule has 7 nitrogen and oxygen atoms in total.